The van der Waals surface area contributed by atoms with Crippen LogP contribution in [-0.4, -0.2) is 20.4 Å². The molecule has 1 aromatic rings. The lowest BCUT2D eigenvalue weighted by Crippen LogP contribution is -2.14. The Morgan fingerprint density at radius 3 is 2.60 bits per heavy atom. The van der Waals surface area contributed by atoms with Gasteiger partial charge in [-0.25, -0.2) is 8.42 Å². The topological polar surface area (TPSA) is 60.2 Å². The van der Waals surface area contributed by atoms with Crippen LogP contribution < -0.4 is 5.73 Å². The lowest BCUT2D eigenvalue weighted by Gasteiger charge is -2.07. The van der Waals surface area contributed by atoms with Gasteiger partial charge < -0.3 is 5.73 Å². The highest BCUT2D eigenvalue weighted by molar-refractivity contribution is 9.11. The van der Waals surface area contributed by atoms with E-state index < -0.39 is 9.84 Å². The molecule has 1 heterocycles. The zero-order valence-electron chi connectivity index (χ0n) is 8.66. The van der Waals surface area contributed by atoms with E-state index in [1.54, 1.807) is 11.3 Å². The first kappa shape index (κ1) is 13.2. The van der Waals surface area contributed by atoms with Crippen LogP contribution in [0, 0.1) is 6.92 Å². The van der Waals surface area contributed by atoms with Gasteiger partial charge in [-0.05, 0) is 40.9 Å². The molecule has 1 aromatic heterocycles. The maximum atomic E-state index is 11.0. The van der Waals surface area contributed by atoms with Crippen molar-refractivity contribution in [3.63, 3.8) is 0 Å². The molecule has 1 unspecified atom stereocenters. The third-order valence-electron chi connectivity index (χ3n) is 2.04. The monoisotopic (exact) mass is 311 g/mol. The number of halogens is 1. The minimum Gasteiger partial charge on any atom is -0.323 e. The summed E-state index contributed by atoms with van der Waals surface area (Å²) in [7, 11) is -2.92. The Morgan fingerprint density at radius 2 is 2.20 bits per heavy atom. The average molecular weight is 312 g/mol. The van der Waals surface area contributed by atoms with E-state index in [2.05, 4.69) is 15.9 Å². The number of thiophene rings is 1. The van der Waals surface area contributed by atoms with E-state index in [0.717, 1.165) is 14.2 Å². The molecule has 0 saturated heterocycles. The second-order valence-corrected chi connectivity index (χ2v) is 8.29. The van der Waals surface area contributed by atoms with E-state index in [0.29, 0.717) is 6.42 Å². The Hall–Kier alpha value is 0.0900. The van der Waals surface area contributed by atoms with Gasteiger partial charge >= 0.3 is 0 Å². The molecule has 1 rings (SSSR count). The predicted molar refractivity (Wildman–Crippen MR) is 68.0 cm³/mol. The highest BCUT2D eigenvalue weighted by Crippen LogP contribution is 2.31. The number of hydrogen-bond donors (Lipinski definition) is 1. The second kappa shape index (κ2) is 4.95. The fourth-order valence-electron chi connectivity index (χ4n) is 1.15. The largest absolute Gasteiger partial charge is 0.323 e. The number of nitrogens with two attached hydrogens (primary N) is 1. The Bertz CT molecular complexity index is 419. The minimum absolute atomic E-state index is 0.142. The molecule has 6 heteroatoms. The van der Waals surface area contributed by atoms with Gasteiger partial charge in [0.25, 0.3) is 0 Å². The Morgan fingerprint density at radius 1 is 1.60 bits per heavy atom. The van der Waals surface area contributed by atoms with Crippen LogP contribution in [0.25, 0.3) is 0 Å². The molecule has 0 spiro atoms. The quantitative estimate of drug-likeness (QED) is 0.927. The molecule has 0 bridgehead atoms. The summed E-state index contributed by atoms with van der Waals surface area (Å²) in [6.45, 7) is 1.99. The first-order valence-corrected chi connectivity index (χ1v) is 8.16. The van der Waals surface area contributed by atoms with Gasteiger partial charge in [0.1, 0.15) is 9.84 Å². The van der Waals surface area contributed by atoms with Crippen molar-refractivity contribution in [1.29, 1.82) is 0 Å². The van der Waals surface area contributed by atoms with Gasteiger partial charge in [-0.1, -0.05) is 0 Å². The summed E-state index contributed by atoms with van der Waals surface area (Å²) < 4.78 is 23.0. The molecule has 0 aliphatic heterocycles. The van der Waals surface area contributed by atoms with E-state index in [4.69, 9.17) is 5.73 Å². The van der Waals surface area contributed by atoms with Gasteiger partial charge in [0, 0.05) is 17.2 Å². The molecule has 0 aromatic carbocycles. The Labute approximate surface area is 103 Å². The van der Waals surface area contributed by atoms with Crippen LogP contribution in [0.5, 0.6) is 0 Å². The summed E-state index contributed by atoms with van der Waals surface area (Å²) in [5.41, 5.74) is 7.05. The highest BCUT2D eigenvalue weighted by atomic mass is 79.9. The van der Waals surface area contributed by atoms with Crippen molar-refractivity contribution in [1.82, 2.24) is 0 Å². The van der Waals surface area contributed by atoms with Gasteiger partial charge in [-0.15, -0.1) is 11.3 Å². The molecular weight excluding hydrogens is 298 g/mol. The first-order valence-electron chi connectivity index (χ1n) is 4.49. The Kier molecular flexibility index (Phi) is 4.34. The smallest absolute Gasteiger partial charge is 0.147 e. The molecule has 1 atom stereocenters. The van der Waals surface area contributed by atoms with Crippen LogP contribution in [0.2, 0.25) is 0 Å². The van der Waals surface area contributed by atoms with Crippen molar-refractivity contribution in [3.8, 4) is 0 Å². The normalized spacial score (nSPS) is 14.1. The molecule has 3 nitrogen and oxygen atoms in total. The van der Waals surface area contributed by atoms with Crippen molar-refractivity contribution in [2.75, 3.05) is 12.0 Å². The Balaban J connectivity index is 2.65. The highest BCUT2D eigenvalue weighted by Gasteiger charge is 2.13. The number of hydrogen-bond acceptors (Lipinski definition) is 4. The first-order chi connectivity index (χ1) is 6.79. The fourth-order valence-corrected chi connectivity index (χ4v) is 3.44. The molecule has 0 fully saturated rings. The van der Waals surface area contributed by atoms with Gasteiger partial charge in [-0.3, -0.25) is 0 Å². The van der Waals surface area contributed by atoms with Gasteiger partial charge in [0.2, 0.25) is 0 Å². The summed E-state index contributed by atoms with van der Waals surface area (Å²) in [5, 5.41) is 0. The SMILES string of the molecule is Cc1cc(C(N)CCS(C)(=O)=O)sc1Br. The lowest BCUT2D eigenvalue weighted by atomic mass is 10.2. The molecule has 0 aliphatic rings. The second-order valence-electron chi connectivity index (χ2n) is 3.63. The number of aryl methyl sites for hydroxylation is 1. The zero-order chi connectivity index (χ0) is 11.6. The van der Waals surface area contributed by atoms with Crippen molar-refractivity contribution in [3.05, 3.63) is 20.3 Å². The van der Waals surface area contributed by atoms with Crippen molar-refractivity contribution < 1.29 is 8.42 Å². The van der Waals surface area contributed by atoms with Gasteiger partial charge in [0.15, 0.2) is 0 Å². The average Bonchev–Trinajstić information content (AvgIpc) is 2.42. The van der Waals surface area contributed by atoms with E-state index in [1.165, 1.54) is 6.26 Å². The van der Waals surface area contributed by atoms with Crippen molar-refractivity contribution in [2.45, 2.75) is 19.4 Å². The number of sulfone groups is 1. The predicted octanol–water partition coefficient (Wildman–Crippen LogP) is 2.25. The van der Waals surface area contributed by atoms with E-state index in [1.807, 2.05) is 13.0 Å². The molecular formula is C9H14BrNO2S2. The van der Waals surface area contributed by atoms with E-state index >= 15 is 0 Å². The summed E-state index contributed by atoms with van der Waals surface area (Å²) in [6.07, 6.45) is 1.71. The minimum atomic E-state index is -2.92. The standard InChI is InChI=1S/C9H14BrNO2S2/c1-6-5-8(14-9(6)10)7(11)3-4-15(2,12)13/h5,7H,3-4,11H2,1-2H3. The van der Waals surface area contributed by atoms with Crippen LogP contribution in [0.3, 0.4) is 0 Å². The third-order valence-corrected chi connectivity index (χ3v) is 5.29. The summed E-state index contributed by atoms with van der Waals surface area (Å²) in [4.78, 5) is 1.03. The van der Waals surface area contributed by atoms with Crippen LogP contribution >= 0.6 is 27.3 Å². The molecule has 0 aliphatic carbocycles. The maximum Gasteiger partial charge on any atom is 0.147 e. The molecule has 0 amide bonds. The summed E-state index contributed by atoms with van der Waals surface area (Å²) in [5.74, 6) is 0.142. The lowest BCUT2D eigenvalue weighted by molar-refractivity contribution is 0.592. The van der Waals surface area contributed by atoms with Crippen LogP contribution in [0.4, 0.5) is 0 Å². The van der Waals surface area contributed by atoms with E-state index in [-0.39, 0.29) is 11.8 Å². The molecule has 0 saturated carbocycles. The van der Waals surface area contributed by atoms with Gasteiger partial charge in [0.05, 0.1) is 9.54 Å². The van der Waals surface area contributed by atoms with Crippen molar-refractivity contribution in [2.24, 2.45) is 5.73 Å². The summed E-state index contributed by atoms with van der Waals surface area (Å²) in [6, 6.07) is 1.82. The van der Waals surface area contributed by atoms with E-state index in [9.17, 15) is 8.42 Å². The fraction of sp³-hybridized carbons (Fsp3) is 0.556. The van der Waals surface area contributed by atoms with Crippen LogP contribution in [0.15, 0.2) is 9.85 Å². The zero-order valence-corrected chi connectivity index (χ0v) is 11.9. The van der Waals surface area contributed by atoms with Gasteiger partial charge in [-0.2, -0.15) is 0 Å². The maximum absolute atomic E-state index is 11.0. The summed E-state index contributed by atoms with van der Waals surface area (Å²) >= 11 is 4.99. The third kappa shape index (κ3) is 4.22. The molecule has 0 radical (unpaired) electrons. The molecule has 15 heavy (non-hydrogen) atoms. The molecule has 2 N–H and O–H groups in total. The molecule has 86 valence electrons. The van der Waals surface area contributed by atoms with Crippen LogP contribution in [0.1, 0.15) is 22.9 Å². The number of rotatable bonds is 4. The van der Waals surface area contributed by atoms with Crippen LogP contribution in [-0.2, 0) is 9.84 Å². The van der Waals surface area contributed by atoms with Crippen molar-refractivity contribution >= 4 is 37.1 Å².